The zero-order valence-corrected chi connectivity index (χ0v) is 17.9. The van der Waals surface area contributed by atoms with Gasteiger partial charge in [-0.25, -0.2) is 14.4 Å². The molecule has 3 rings (SSSR count). The minimum Gasteiger partial charge on any atom is -0.467 e. The predicted octanol–water partition coefficient (Wildman–Crippen LogP) is 2.60. The zero-order valence-electron chi connectivity index (χ0n) is 17.9. The number of nitrogens with two attached hydrogens (primary N) is 2. The summed E-state index contributed by atoms with van der Waals surface area (Å²) in [6, 6.07) is 4.48. The Labute approximate surface area is 181 Å². The fourth-order valence-corrected chi connectivity index (χ4v) is 3.66. The highest BCUT2D eigenvalue weighted by Crippen LogP contribution is 2.33. The molecule has 0 fully saturated rings. The third kappa shape index (κ3) is 4.51. The zero-order chi connectivity index (χ0) is 22.5. The lowest BCUT2D eigenvalue weighted by atomic mass is 9.93. The SMILES string of the molecule is CCN/C1=C(\CN)C/C(C=N)=C(/NC)c2ccc(F)cc2C(C)Oc2nc1cnc2N. The molecule has 164 valence electrons. The Kier molecular flexibility index (Phi) is 6.86. The second-order valence-electron chi connectivity index (χ2n) is 7.12. The summed E-state index contributed by atoms with van der Waals surface area (Å²) in [6.07, 6.45) is 2.67. The minimum absolute atomic E-state index is 0.139. The monoisotopic (exact) mass is 425 g/mol. The van der Waals surface area contributed by atoms with Crippen LogP contribution in [0.25, 0.3) is 11.4 Å². The molecule has 2 bridgehead atoms. The van der Waals surface area contributed by atoms with Crippen LogP contribution in [0.5, 0.6) is 5.88 Å². The first-order valence-electron chi connectivity index (χ1n) is 10.1. The van der Waals surface area contributed by atoms with Crippen molar-refractivity contribution < 1.29 is 9.13 Å². The highest BCUT2D eigenvalue weighted by Gasteiger charge is 2.23. The van der Waals surface area contributed by atoms with E-state index in [0.717, 1.165) is 16.8 Å². The summed E-state index contributed by atoms with van der Waals surface area (Å²) in [7, 11) is 1.77. The Bertz CT molecular complexity index is 1050. The van der Waals surface area contributed by atoms with Gasteiger partial charge in [-0.1, -0.05) is 0 Å². The number of allylic oxidation sites excluding steroid dienone is 1. The number of rotatable bonds is 5. The normalized spacial score (nSPS) is 21.3. The number of hydrogen-bond acceptors (Lipinski definition) is 8. The van der Waals surface area contributed by atoms with Crippen molar-refractivity contribution in [3.63, 3.8) is 0 Å². The van der Waals surface area contributed by atoms with Crippen molar-refractivity contribution >= 4 is 23.4 Å². The maximum atomic E-state index is 14.2. The van der Waals surface area contributed by atoms with Gasteiger partial charge in [0.25, 0.3) is 5.88 Å². The van der Waals surface area contributed by atoms with Crippen LogP contribution in [0.15, 0.2) is 35.5 Å². The number of anilines is 1. The topological polar surface area (TPSA) is 135 Å². The fourth-order valence-electron chi connectivity index (χ4n) is 3.66. The van der Waals surface area contributed by atoms with E-state index < -0.39 is 11.9 Å². The van der Waals surface area contributed by atoms with Gasteiger partial charge in [0.05, 0.1) is 11.9 Å². The largest absolute Gasteiger partial charge is 0.467 e. The van der Waals surface area contributed by atoms with E-state index >= 15 is 0 Å². The third-order valence-corrected chi connectivity index (χ3v) is 5.14. The third-order valence-electron chi connectivity index (χ3n) is 5.14. The van der Waals surface area contributed by atoms with Crippen LogP contribution in [0.4, 0.5) is 10.2 Å². The molecule has 1 unspecified atom stereocenters. The summed E-state index contributed by atoms with van der Waals surface area (Å²) in [5.74, 6) is -0.0897. The average molecular weight is 426 g/mol. The number of benzene rings is 1. The van der Waals surface area contributed by atoms with Gasteiger partial charge in [0.15, 0.2) is 5.82 Å². The van der Waals surface area contributed by atoms with Gasteiger partial charge in [-0.05, 0) is 43.2 Å². The molecule has 9 heteroatoms. The van der Waals surface area contributed by atoms with E-state index in [9.17, 15) is 4.39 Å². The molecule has 2 aromatic rings. The standard InChI is InChI=1S/C22H28FN7O/c1-4-28-20-14(10-25)7-13(9-24)19(27-3)16-6-5-15(23)8-17(16)12(2)31-22-21(26)29-11-18(20)30-22/h5-6,8-9,11-12,24,27-28H,4,7,10,25H2,1-3H3,(H2,26,29)/b19-13-,20-14-,24-9?. The second kappa shape index (κ2) is 9.57. The average Bonchev–Trinajstić information content (AvgIpc) is 2.77. The van der Waals surface area contributed by atoms with E-state index in [4.69, 9.17) is 21.6 Å². The molecule has 31 heavy (non-hydrogen) atoms. The number of nitrogen functional groups attached to an aromatic ring is 1. The van der Waals surface area contributed by atoms with Gasteiger partial charge < -0.3 is 32.2 Å². The number of hydrogen-bond donors (Lipinski definition) is 5. The molecular weight excluding hydrogens is 397 g/mol. The van der Waals surface area contributed by atoms with Gasteiger partial charge >= 0.3 is 0 Å². The lowest BCUT2D eigenvalue weighted by Gasteiger charge is -2.24. The quantitative estimate of drug-likeness (QED) is 0.465. The molecule has 0 saturated carbocycles. The number of aromatic nitrogens is 2. The van der Waals surface area contributed by atoms with Crippen molar-refractivity contribution in [2.45, 2.75) is 26.4 Å². The van der Waals surface area contributed by atoms with E-state index in [1.54, 1.807) is 26.2 Å². The summed E-state index contributed by atoms with van der Waals surface area (Å²) in [4.78, 5) is 8.81. The summed E-state index contributed by atoms with van der Waals surface area (Å²) >= 11 is 0. The van der Waals surface area contributed by atoms with Gasteiger partial charge in [-0.15, -0.1) is 0 Å². The van der Waals surface area contributed by atoms with Gasteiger partial charge in [0.2, 0.25) is 0 Å². The van der Waals surface area contributed by atoms with Crippen LogP contribution in [-0.4, -0.2) is 36.3 Å². The first kappa shape index (κ1) is 22.2. The van der Waals surface area contributed by atoms with E-state index in [1.807, 2.05) is 6.92 Å². The Balaban J connectivity index is 2.37. The molecule has 1 aliphatic rings. The van der Waals surface area contributed by atoms with Crippen molar-refractivity contribution in [1.82, 2.24) is 20.6 Å². The first-order valence-corrected chi connectivity index (χ1v) is 10.1. The number of halogens is 1. The van der Waals surface area contributed by atoms with Crippen molar-refractivity contribution in [1.29, 1.82) is 5.41 Å². The van der Waals surface area contributed by atoms with Crippen molar-refractivity contribution in [2.75, 3.05) is 25.9 Å². The Morgan fingerprint density at radius 1 is 1.35 bits per heavy atom. The van der Waals surface area contributed by atoms with E-state index in [1.165, 1.54) is 18.3 Å². The second-order valence-corrected chi connectivity index (χ2v) is 7.12. The van der Waals surface area contributed by atoms with Crippen LogP contribution in [0.3, 0.4) is 0 Å². The maximum Gasteiger partial charge on any atom is 0.258 e. The highest BCUT2D eigenvalue weighted by atomic mass is 19.1. The molecule has 0 radical (unpaired) electrons. The Morgan fingerprint density at radius 3 is 2.77 bits per heavy atom. The van der Waals surface area contributed by atoms with Crippen LogP contribution in [0.1, 0.15) is 43.2 Å². The van der Waals surface area contributed by atoms with Gasteiger partial charge in [-0.3, -0.25) is 0 Å². The number of ether oxygens (including phenoxy) is 1. The lowest BCUT2D eigenvalue weighted by Crippen LogP contribution is -2.21. The Morgan fingerprint density at radius 2 is 2.13 bits per heavy atom. The van der Waals surface area contributed by atoms with Crippen molar-refractivity contribution in [3.8, 4) is 5.88 Å². The molecule has 8 nitrogen and oxygen atoms in total. The molecule has 1 aromatic heterocycles. The summed E-state index contributed by atoms with van der Waals surface area (Å²) in [6.45, 7) is 4.65. The molecule has 1 aromatic carbocycles. The molecule has 0 spiro atoms. The van der Waals surface area contributed by atoms with Gasteiger partial charge in [0.1, 0.15) is 17.6 Å². The minimum atomic E-state index is -0.576. The van der Waals surface area contributed by atoms with Crippen LogP contribution in [0, 0.1) is 11.2 Å². The molecular formula is C22H28FN7O. The van der Waals surface area contributed by atoms with Crippen molar-refractivity contribution in [2.24, 2.45) is 5.73 Å². The first-order chi connectivity index (χ1) is 14.9. The van der Waals surface area contributed by atoms with Crippen LogP contribution >= 0.6 is 0 Å². The molecule has 0 saturated heterocycles. The van der Waals surface area contributed by atoms with Crippen LogP contribution < -0.4 is 26.8 Å². The van der Waals surface area contributed by atoms with Gasteiger partial charge in [0, 0.05) is 49.6 Å². The summed E-state index contributed by atoms with van der Waals surface area (Å²) in [5, 5.41) is 14.6. The van der Waals surface area contributed by atoms with E-state index in [-0.39, 0.29) is 18.2 Å². The molecule has 1 aliphatic heterocycles. The van der Waals surface area contributed by atoms with Crippen LogP contribution in [0.2, 0.25) is 0 Å². The smallest absolute Gasteiger partial charge is 0.258 e. The van der Waals surface area contributed by atoms with E-state index in [0.29, 0.717) is 35.5 Å². The fraction of sp³-hybridized carbons (Fsp3) is 0.318. The number of nitrogens with one attached hydrogen (secondary N) is 3. The highest BCUT2D eigenvalue weighted by molar-refractivity contribution is 5.90. The molecule has 0 aliphatic carbocycles. The van der Waals surface area contributed by atoms with Gasteiger partial charge in [-0.2, -0.15) is 0 Å². The Hall–Kier alpha value is -3.46. The van der Waals surface area contributed by atoms with Crippen molar-refractivity contribution in [3.05, 3.63) is 58.2 Å². The lowest BCUT2D eigenvalue weighted by molar-refractivity contribution is 0.217. The summed E-state index contributed by atoms with van der Waals surface area (Å²) < 4.78 is 20.2. The maximum absolute atomic E-state index is 14.2. The molecule has 2 heterocycles. The van der Waals surface area contributed by atoms with Crippen LogP contribution in [-0.2, 0) is 0 Å². The molecule has 1 atom stereocenters. The number of fused-ring (bicyclic) bond motifs is 3. The van der Waals surface area contributed by atoms with E-state index in [2.05, 4.69) is 20.6 Å². The number of nitrogens with zero attached hydrogens (tertiary/aromatic N) is 2. The molecule has 0 amide bonds. The summed E-state index contributed by atoms with van der Waals surface area (Å²) in [5.41, 5.74) is 17.0. The molecule has 7 N–H and O–H groups in total. The predicted molar refractivity (Wildman–Crippen MR) is 121 cm³/mol.